The number of hydrogen-bond acceptors (Lipinski definition) is 2. The normalized spacial score (nSPS) is 25.2. The molecule has 1 aromatic carbocycles. The number of nitrogens with zero attached hydrogens (tertiary/aromatic N) is 1. The van der Waals surface area contributed by atoms with Gasteiger partial charge in [-0.05, 0) is 24.5 Å². The maximum atomic E-state index is 11.7. The molecule has 1 aliphatic rings. The molecule has 3 heteroatoms. The van der Waals surface area contributed by atoms with E-state index < -0.39 is 0 Å². The summed E-state index contributed by atoms with van der Waals surface area (Å²) >= 11 is 0. The maximum absolute atomic E-state index is 11.7. The molecule has 1 saturated heterocycles. The van der Waals surface area contributed by atoms with Crippen molar-refractivity contribution in [1.82, 2.24) is 10.2 Å². The average Bonchev–Trinajstić information content (AvgIpc) is 2.57. The number of carbonyl (C=O) groups is 1. The molecule has 2 unspecified atom stereocenters. The molecule has 0 aromatic heterocycles. The minimum Gasteiger partial charge on any atom is -0.325 e. The van der Waals surface area contributed by atoms with Crippen molar-refractivity contribution in [1.29, 1.82) is 0 Å². The van der Waals surface area contributed by atoms with Crippen molar-refractivity contribution in [3.8, 4) is 0 Å². The van der Waals surface area contributed by atoms with Gasteiger partial charge in [0.1, 0.15) is 6.17 Å². The van der Waals surface area contributed by atoms with Gasteiger partial charge in [0.2, 0.25) is 5.91 Å². The van der Waals surface area contributed by atoms with Crippen LogP contribution in [0.25, 0.3) is 0 Å². The van der Waals surface area contributed by atoms with Gasteiger partial charge in [-0.15, -0.1) is 0 Å². The van der Waals surface area contributed by atoms with Crippen LogP contribution in [-0.2, 0) is 11.2 Å². The van der Waals surface area contributed by atoms with Crippen LogP contribution in [-0.4, -0.2) is 23.9 Å². The van der Waals surface area contributed by atoms with Gasteiger partial charge in [0.25, 0.3) is 0 Å². The molecule has 1 N–H and O–H groups in total. The summed E-state index contributed by atoms with van der Waals surface area (Å²) in [5, 5.41) is 3.28. The predicted octanol–water partition coefficient (Wildman–Crippen LogP) is 1.70. The van der Waals surface area contributed by atoms with Crippen LogP contribution in [0.15, 0.2) is 24.3 Å². The minimum absolute atomic E-state index is 0.0217. The second kappa shape index (κ2) is 4.26. The van der Waals surface area contributed by atoms with E-state index >= 15 is 0 Å². The van der Waals surface area contributed by atoms with E-state index in [-0.39, 0.29) is 18.1 Å². The lowest BCUT2D eigenvalue weighted by molar-refractivity contribution is -0.128. The molecule has 1 aromatic rings. The Morgan fingerprint density at radius 1 is 1.31 bits per heavy atom. The summed E-state index contributed by atoms with van der Waals surface area (Å²) < 4.78 is 0. The van der Waals surface area contributed by atoms with Gasteiger partial charge in [0.15, 0.2) is 0 Å². The monoisotopic (exact) mass is 218 g/mol. The van der Waals surface area contributed by atoms with Crippen molar-refractivity contribution in [3.05, 3.63) is 35.4 Å². The summed E-state index contributed by atoms with van der Waals surface area (Å²) in [6.07, 6.45) is 1.07. The lowest BCUT2D eigenvalue weighted by Gasteiger charge is -2.19. The van der Waals surface area contributed by atoms with E-state index in [2.05, 4.69) is 36.5 Å². The molecule has 0 spiro atoms. The molecule has 86 valence electrons. The summed E-state index contributed by atoms with van der Waals surface area (Å²) in [4.78, 5) is 13.4. The highest BCUT2D eigenvalue weighted by atomic mass is 16.2. The Labute approximate surface area is 96.5 Å². The Morgan fingerprint density at radius 3 is 2.38 bits per heavy atom. The third kappa shape index (κ3) is 1.83. The summed E-state index contributed by atoms with van der Waals surface area (Å²) in [7, 11) is 1.84. The van der Waals surface area contributed by atoms with Gasteiger partial charge in [-0.1, -0.05) is 31.2 Å². The number of amides is 1. The Balaban J connectivity index is 2.21. The van der Waals surface area contributed by atoms with E-state index in [1.54, 1.807) is 4.90 Å². The number of hydrogen-bond donors (Lipinski definition) is 1. The van der Waals surface area contributed by atoms with E-state index in [0.29, 0.717) is 0 Å². The standard InChI is InChI=1S/C13H18N2O/c1-4-10-5-7-11(8-6-10)12-14-9(2)13(16)15(12)3/h5-9,12,14H,4H2,1-3H3. The van der Waals surface area contributed by atoms with Crippen LogP contribution in [0.5, 0.6) is 0 Å². The van der Waals surface area contributed by atoms with Crippen molar-refractivity contribution in [3.63, 3.8) is 0 Å². The van der Waals surface area contributed by atoms with E-state index in [1.165, 1.54) is 5.56 Å². The Morgan fingerprint density at radius 2 is 1.94 bits per heavy atom. The van der Waals surface area contributed by atoms with Gasteiger partial charge < -0.3 is 4.90 Å². The highest BCUT2D eigenvalue weighted by Crippen LogP contribution is 2.23. The lowest BCUT2D eigenvalue weighted by atomic mass is 10.1. The smallest absolute Gasteiger partial charge is 0.240 e. The molecule has 1 amide bonds. The zero-order valence-electron chi connectivity index (χ0n) is 10.0. The fourth-order valence-electron chi connectivity index (χ4n) is 2.11. The zero-order chi connectivity index (χ0) is 11.7. The van der Waals surface area contributed by atoms with Crippen LogP contribution in [0.3, 0.4) is 0 Å². The van der Waals surface area contributed by atoms with Gasteiger partial charge in [0.05, 0.1) is 6.04 Å². The number of nitrogens with one attached hydrogen (secondary N) is 1. The molecule has 0 radical (unpaired) electrons. The fourth-order valence-corrected chi connectivity index (χ4v) is 2.11. The fraction of sp³-hybridized carbons (Fsp3) is 0.462. The molecule has 0 aliphatic carbocycles. The van der Waals surface area contributed by atoms with Crippen LogP contribution in [0, 0.1) is 0 Å². The molecular formula is C13H18N2O. The Hall–Kier alpha value is -1.35. The van der Waals surface area contributed by atoms with E-state index in [9.17, 15) is 4.79 Å². The maximum Gasteiger partial charge on any atom is 0.240 e. The summed E-state index contributed by atoms with van der Waals surface area (Å²) in [5.41, 5.74) is 2.47. The predicted molar refractivity (Wildman–Crippen MR) is 63.9 cm³/mol. The molecule has 1 heterocycles. The first-order chi connectivity index (χ1) is 7.63. The number of likely N-dealkylation sites (N-methyl/N-ethyl adjacent to an activating group) is 1. The topological polar surface area (TPSA) is 32.3 Å². The highest BCUT2D eigenvalue weighted by Gasteiger charge is 2.34. The quantitative estimate of drug-likeness (QED) is 0.819. The molecule has 2 rings (SSSR count). The Bertz CT molecular complexity index is 385. The van der Waals surface area contributed by atoms with Crippen LogP contribution in [0.2, 0.25) is 0 Å². The van der Waals surface area contributed by atoms with Crippen LogP contribution < -0.4 is 5.32 Å². The number of benzene rings is 1. The molecule has 0 saturated carbocycles. The molecule has 16 heavy (non-hydrogen) atoms. The molecule has 3 nitrogen and oxygen atoms in total. The summed E-state index contributed by atoms with van der Waals surface area (Å²) in [5.74, 6) is 0.157. The largest absolute Gasteiger partial charge is 0.325 e. The highest BCUT2D eigenvalue weighted by molar-refractivity contribution is 5.83. The summed E-state index contributed by atoms with van der Waals surface area (Å²) in [6.45, 7) is 4.04. The molecule has 2 atom stereocenters. The van der Waals surface area contributed by atoms with Crippen LogP contribution in [0.1, 0.15) is 31.1 Å². The van der Waals surface area contributed by atoms with Gasteiger partial charge >= 0.3 is 0 Å². The van der Waals surface area contributed by atoms with Crippen molar-refractivity contribution < 1.29 is 4.79 Å². The van der Waals surface area contributed by atoms with Crippen molar-refractivity contribution in [2.75, 3.05) is 7.05 Å². The molecule has 0 bridgehead atoms. The van der Waals surface area contributed by atoms with Crippen molar-refractivity contribution in [2.45, 2.75) is 32.5 Å². The number of rotatable bonds is 2. The lowest BCUT2D eigenvalue weighted by Crippen LogP contribution is -2.25. The van der Waals surface area contributed by atoms with E-state index in [4.69, 9.17) is 0 Å². The third-order valence-electron chi connectivity index (χ3n) is 3.22. The van der Waals surface area contributed by atoms with Crippen LogP contribution in [0.4, 0.5) is 0 Å². The van der Waals surface area contributed by atoms with E-state index in [0.717, 1.165) is 12.0 Å². The second-order valence-corrected chi connectivity index (χ2v) is 4.34. The van der Waals surface area contributed by atoms with Crippen molar-refractivity contribution in [2.24, 2.45) is 0 Å². The number of aryl methyl sites for hydroxylation is 1. The zero-order valence-corrected chi connectivity index (χ0v) is 10.0. The van der Waals surface area contributed by atoms with Gasteiger partial charge in [-0.25, -0.2) is 0 Å². The molecular weight excluding hydrogens is 200 g/mol. The van der Waals surface area contributed by atoms with Gasteiger partial charge in [0, 0.05) is 7.05 Å². The summed E-state index contributed by atoms with van der Waals surface area (Å²) in [6, 6.07) is 8.36. The van der Waals surface area contributed by atoms with Crippen molar-refractivity contribution >= 4 is 5.91 Å². The van der Waals surface area contributed by atoms with Crippen LogP contribution >= 0.6 is 0 Å². The second-order valence-electron chi connectivity index (χ2n) is 4.34. The Kier molecular flexibility index (Phi) is 2.97. The SMILES string of the molecule is CCc1ccc(C2NC(C)C(=O)N2C)cc1. The molecule has 1 aliphatic heterocycles. The van der Waals surface area contributed by atoms with Gasteiger partial charge in [-0.2, -0.15) is 0 Å². The third-order valence-corrected chi connectivity index (χ3v) is 3.22. The minimum atomic E-state index is -0.0825. The first-order valence-electron chi connectivity index (χ1n) is 5.75. The average molecular weight is 218 g/mol. The molecule has 1 fully saturated rings. The van der Waals surface area contributed by atoms with Gasteiger partial charge in [-0.3, -0.25) is 10.1 Å². The first-order valence-corrected chi connectivity index (χ1v) is 5.75. The first kappa shape index (κ1) is 11.1. The number of carbonyl (C=O) groups excluding carboxylic acids is 1. The van der Waals surface area contributed by atoms with E-state index in [1.807, 2.05) is 14.0 Å².